The molecule has 3 nitrogen and oxygen atoms in total. The third kappa shape index (κ3) is 2.88. The first-order valence-electron chi connectivity index (χ1n) is 8.12. The summed E-state index contributed by atoms with van der Waals surface area (Å²) in [5, 5.41) is 4.58. The van der Waals surface area contributed by atoms with Gasteiger partial charge in [-0.2, -0.15) is 0 Å². The van der Waals surface area contributed by atoms with Gasteiger partial charge in [-0.25, -0.2) is 4.98 Å². The molecule has 118 valence electrons. The fraction of sp³-hybridized carbons (Fsp3) is 0.0952. The van der Waals surface area contributed by atoms with Gasteiger partial charge in [-0.3, -0.25) is 0 Å². The average Bonchev–Trinajstić information content (AvgIpc) is 3.05. The van der Waals surface area contributed by atoms with Gasteiger partial charge in [0.15, 0.2) is 0 Å². The standard InChI is InChI=1S/C21H19N3/c1-15-7-5-6-10-17(15)13-22-19-11-18-12-20(24-21(18)23-14-19)16-8-3-2-4-9-16/h2-12,14,22H,13H2,1H3,(H,23,24). The van der Waals surface area contributed by atoms with Gasteiger partial charge >= 0.3 is 0 Å². The van der Waals surface area contributed by atoms with Crippen LogP contribution in [0.25, 0.3) is 22.3 Å². The normalized spacial score (nSPS) is 10.9. The highest BCUT2D eigenvalue weighted by Crippen LogP contribution is 2.24. The number of hydrogen-bond donors (Lipinski definition) is 2. The van der Waals surface area contributed by atoms with Crippen molar-refractivity contribution < 1.29 is 0 Å². The molecule has 0 amide bonds. The van der Waals surface area contributed by atoms with Crippen LogP contribution in [0.3, 0.4) is 0 Å². The monoisotopic (exact) mass is 313 g/mol. The smallest absolute Gasteiger partial charge is 0.137 e. The van der Waals surface area contributed by atoms with Crippen molar-refractivity contribution in [3.8, 4) is 11.3 Å². The quantitative estimate of drug-likeness (QED) is 0.547. The molecule has 0 saturated carbocycles. The highest BCUT2D eigenvalue weighted by molar-refractivity contribution is 5.85. The molecule has 0 atom stereocenters. The summed E-state index contributed by atoms with van der Waals surface area (Å²) in [7, 11) is 0. The zero-order valence-electron chi connectivity index (χ0n) is 13.6. The van der Waals surface area contributed by atoms with Crippen molar-refractivity contribution in [3.63, 3.8) is 0 Å². The van der Waals surface area contributed by atoms with Crippen LogP contribution in [0.15, 0.2) is 72.9 Å². The summed E-state index contributed by atoms with van der Waals surface area (Å²) >= 11 is 0. The number of pyridine rings is 1. The molecule has 4 rings (SSSR count). The zero-order chi connectivity index (χ0) is 16.4. The molecule has 4 aromatic rings. The van der Waals surface area contributed by atoms with E-state index in [2.05, 4.69) is 70.7 Å². The van der Waals surface area contributed by atoms with E-state index in [4.69, 9.17) is 0 Å². The Labute approximate surface area is 141 Å². The Morgan fingerprint density at radius 2 is 1.75 bits per heavy atom. The summed E-state index contributed by atoms with van der Waals surface area (Å²) in [6.45, 7) is 2.94. The molecule has 0 radical (unpaired) electrons. The van der Waals surface area contributed by atoms with Gasteiger partial charge in [-0.15, -0.1) is 0 Å². The number of rotatable bonds is 4. The number of aromatic amines is 1. The van der Waals surface area contributed by atoms with Gasteiger partial charge in [0.25, 0.3) is 0 Å². The van der Waals surface area contributed by atoms with Gasteiger partial charge in [0.2, 0.25) is 0 Å². The van der Waals surface area contributed by atoms with Crippen LogP contribution in [-0.2, 0) is 6.54 Å². The van der Waals surface area contributed by atoms with E-state index in [9.17, 15) is 0 Å². The third-order valence-electron chi connectivity index (χ3n) is 4.30. The first-order valence-corrected chi connectivity index (χ1v) is 8.12. The van der Waals surface area contributed by atoms with Gasteiger partial charge in [-0.1, -0.05) is 54.6 Å². The van der Waals surface area contributed by atoms with E-state index in [1.54, 1.807) is 0 Å². The lowest BCUT2D eigenvalue weighted by Gasteiger charge is -2.08. The Morgan fingerprint density at radius 1 is 0.958 bits per heavy atom. The second-order valence-corrected chi connectivity index (χ2v) is 5.99. The predicted octanol–water partition coefficient (Wildman–Crippen LogP) is 5.15. The maximum absolute atomic E-state index is 4.54. The maximum atomic E-state index is 4.54. The van der Waals surface area contributed by atoms with Gasteiger partial charge in [-0.05, 0) is 35.7 Å². The SMILES string of the molecule is Cc1ccccc1CNc1cnc2[nH]c(-c3ccccc3)cc2c1. The molecular weight excluding hydrogens is 294 g/mol. The van der Waals surface area contributed by atoms with Crippen molar-refractivity contribution in [3.05, 3.63) is 84.1 Å². The molecule has 0 aliphatic heterocycles. The molecule has 0 aliphatic rings. The molecule has 24 heavy (non-hydrogen) atoms. The minimum absolute atomic E-state index is 0.801. The number of nitrogens with one attached hydrogen (secondary N) is 2. The Hall–Kier alpha value is -3.07. The molecule has 3 heteroatoms. The second-order valence-electron chi connectivity index (χ2n) is 5.99. The number of anilines is 1. The fourth-order valence-electron chi connectivity index (χ4n) is 2.89. The molecule has 2 aromatic heterocycles. The molecule has 2 heterocycles. The number of hydrogen-bond acceptors (Lipinski definition) is 2. The molecule has 2 N–H and O–H groups in total. The lowest BCUT2D eigenvalue weighted by molar-refractivity contribution is 1.11. The van der Waals surface area contributed by atoms with Crippen LogP contribution in [0, 0.1) is 6.92 Å². The average molecular weight is 313 g/mol. The largest absolute Gasteiger partial charge is 0.380 e. The number of aromatic nitrogens is 2. The van der Waals surface area contributed by atoms with Crippen LogP contribution in [0.2, 0.25) is 0 Å². The maximum Gasteiger partial charge on any atom is 0.137 e. The van der Waals surface area contributed by atoms with Gasteiger partial charge < -0.3 is 10.3 Å². The van der Waals surface area contributed by atoms with Crippen molar-refractivity contribution in [2.24, 2.45) is 0 Å². The van der Waals surface area contributed by atoms with Crippen LogP contribution >= 0.6 is 0 Å². The Balaban J connectivity index is 1.58. The van der Waals surface area contributed by atoms with E-state index in [1.807, 2.05) is 24.4 Å². The van der Waals surface area contributed by atoms with E-state index in [0.29, 0.717) is 0 Å². The topological polar surface area (TPSA) is 40.7 Å². The predicted molar refractivity (Wildman–Crippen MR) is 100 cm³/mol. The van der Waals surface area contributed by atoms with Gasteiger partial charge in [0.05, 0.1) is 11.9 Å². The van der Waals surface area contributed by atoms with Crippen LogP contribution in [0.5, 0.6) is 0 Å². The van der Waals surface area contributed by atoms with Crippen molar-refractivity contribution in [2.75, 3.05) is 5.32 Å². The molecule has 0 bridgehead atoms. The summed E-state index contributed by atoms with van der Waals surface area (Å²) in [6.07, 6.45) is 1.88. The first-order chi connectivity index (χ1) is 11.8. The molecule has 0 unspecified atom stereocenters. The lowest BCUT2D eigenvalue weighted by atomic mass is 10.1. The van der Waals surface area contributed by atoms with E-state index in [-0.39, 0.29) is 0 Å². The van der Waals surface area contributed by atoms with Crippen LogP contribution in [0.4, 0.5) is 5.69 Å². The molecule has 0 aliphatic carbocycles. The van der Waals surface area contributed by atoms with Gasteiger partial charge in [0.1, 0.15) is 5.65 Å². The minimum Gasteiger partial charge on any atom is -0.380 e. The van der Waals surface area contributed by atoms with Crippen molar-refractivity contribution in [1.82, 2.24) is 9.97 Å². The number of nitrogens with zero attached hydrogens (tertiary/aromatic N) is 1. The fourth-order valence-corrected chi connectivity index (χ4v) is 2.89. The number of benzene rings is 2. The molecule has 2 aromatic carbocycles. The highest BCUT2D eigenvalue weighted by Gasteiger charge is 2.05. The number of H-pyrrole nitrogens is 1. The summed E-state index contributed by atoms with van der Waals surface area (Å²) in [5.74, 6) is 0. The van der Waals surface area contributed by atoms with Crippen molar-refractivity contribution in [2.45, 2.75) is 13.5 Å². The van der Waals surface area contributed by atoms with Crippen LogP contribution < -0.4 is 5.32 Å². The van der Waals surface area contributed by atoms with Crippen LogP contribution in [0.1, 0.15) is 11.1 Å². The summed E-state index contributed by atoms with van der Waals surface area (Å²) < 4.78 is 0. The van der Waals surface area contributed by atoms with E-state index in [1.165, 1.54) is 16.7 Å². The second kappa shape index (κ2) is 6.20. The van der Waals surface area contributed by atoms with Gasteiger partial charge in [0, 0.05) is 17.6 Å². The zero-order valence-corrected chi connectivity index (χ0v) is 13.6. The highest BCUT2D eigenvalue weighted by atomic mass is 14.9. The van der Waals surface area contributed by atoms with E-state index < -0.39 is 0 Å². The Kier molecular flexibility index (Phi) is 3.75. The third-order valence-corrected chi connectivity index (χ3v) is 4.30. The van der Waals surface area contributed by atoms with E-state index in [0.717, 1.165) is 29.0 Å². The summed E-state index contributed by atoms with van der Waals surface area (Å²) in [5.41, 5.74) is 6.81. The van der Waals surface area contributed by atoms with E-state index >= 15 is 0 Å². The van der Waals surface area contributed by atoms with Crippen molar-refractivity contribution in [1.29, 1.82) is 0 Å². The minimum atomic E-state index is 0.801. The lowest BCUT2D eigenvalue weighted by Crippen LogP contribution is -2.01. The number of aryl methyl sites for hydroxylation is 1. The Morgan fingerprint density at radius 3 is 2.58 bits per heavy atom. The summed E-state index contributed by atoms with van der Waals surface area (Å²) in [6, 6.07) is 23.0. The Bertz CT molecular complexity index is 971. The molecule has 0 saturated heterocycles. The van der Waals surface area contributed by atoms with Crippen LogP contribution in [-0.4, -0.2) is 9.97 Å². The van der Waals surface area contributed by atoms with Crippen molar-refractivity contribution >= 4 is 16.7 Å². The molecule has 0 spiro atoms. The molecule has 0 fully saturated rings. The number of fused-ring (bicyclic) bond motifs is 1. The molecular formula is C21H19N3. The summed E-state index contributed by atoms with van der Waals surface area (Å²) in [4.78, 5) is 7.93. The first kappa shape index (κ1) is 14.5.